The molecule has 0 unspecified atom stereocenters. The first-order chi connectivity index (χ1) is 14.1. The number of hydrogen-bond acceptors (Lipinski definition) is 4. The smallest absolute Gasteiger partial charge is 0.161 e. The first-order valence-electron chi connectivity index (χ1n) is 9.28. The maximum atomic E-state index is 5.95. The Kier molecular flexibility index (Phi) is 7.96. The van der Waals surface area contributed by atoms with Crippen molar-refractivity contribution in [3.8, 4) is 11.5 Å². The lowest BCUT2D eigenvalue weighted by Crippen LogP contribution is -2.05. The molecule has 150 valence electrons. The molecule has 0 aliphatic rings. The molecule has 3 rings (SSSR count). The van der Waals surface area contributed by atoms with Crippen molar-refractivity contribution in [1.29, 1.82) is 0 Å². The first-order valence-corrected chi connectivity index (χ1v) is 10.5. The largest absolute Gasteiger partial charge is 0.490 e. The van der Waals surface area contributed by atoms with Crippen molar-refractivity contribution in [2.24, 2.45) is 5.10 Å². The van der Waals surface area contributed by atoms with Crippen LogP contribution >= 0.6 is 27.5 Å². The molecule has 29 heavy (non-hydrogen) atoms. The fourth-order valence-electron chi connectivity index (χ4n) is 2.59. The highest BCUT2D eigenvalue weighted by Gasteiger charge is 2.06. The number of hydrogen-bond donors (Lipinski definition) is 1. The molecular weight excluding hydrogens is 452 g/mol. The van der Waals surface area contributed by atoms with Crippen LogP contribution in [-0.4, -0.2) is 12.8 Å². The van der Waals surface area contributed by atoms with Crippen LogP contribution in [0.3, 0.4) is 0 Å². The van der Waals surface area contributed by atoms with E-state index in [9.17, 15) is 0 Å². The highest BCUT2D eigenvalue weighted by Crippen LogP contribution is 2.29. The van der Waals surface area contributed by atoms with Crippen molar-refractivity contribution in [3.63, 3.8) is 0 Å². The number of nitrogens with zero attached hydrogens (tertiary/aromatic N) is 1. The number of nitrogens with one attached hydrogen (secondary N) is 1. The number of ether oxygens (including phenoxy) is 2. The van der Waals surface area contributed by atoms with Crippen molar-refractivity contribution in [1.82, 2.24) is 5.43 Å². The zero-order chi connectivity index (χ0) is 20.5. The van der Waals surface area contributed by atoms with E-state index in [0.717, 1.165) is 26.2 Å². The van der Waals surface area contributed by atoms with E-state index in [-0.39, 0.29) is 0 Å². The Morgan fingerprint density at radius 2 is 1.66 bits per heavy atom. The number of benzene rings is 3. The van der Waals surface area contributed by atoms with Crippen LogP contribution in [0.1, 0.15) is 23.6 Å². The monoisotopic (exact) mass is 472 g/mol. The van der Waals surface area contributed by atoms with Crippen LogP contribution in [-0.2, 0) is 13.2 Å². The van der Waals surface area contributed by atoms with Crippen LogP contribution < -0.4 is 14.9 Å². The summed E-state index contributed by atoms with van der Waals surface area (Å²) in [6.45, 7) is 3.61. The van der Waals surface area contributed by atoms with Crippen LogP contribution in [0.2, 0.25) is 5.02 Å². The van der Waals surface area contributed by atoms with E-state index in [1.54, 1.807) is 6.21 Å². The van der Waals surface area contributed by atoms with Gasteiger partial charge in [0.15, 0.2) is 11.5 Å². The van der Waals surface area contributed by atoms with Crippen molar-refractivity contribution in [3.05, 3.63) is 92.9 Å². The molecule has 0 heterocycles. The number of hydrazone groups is 1. The molecule has 4 nitrogen and oxygen atoms in total. The minimum atomic E-state index is 0.476. The summed E-state index contributed by atoms with van der Waals surface area (Å²) in [7, 11) is 0. The van der Waals surface area contributed by atoms with Crippen molar-refractivity contribution < 1.29 is 9.47 Å². The van der Waals surface area contributed by atoms with Crippen molar-refractivity contribution in [2.45, 2.75) is 20.1 Å². The predicted molar refractivity (Wildman–Crippen MR) is 122 cm³/mol. The van der Waals surface area contributed by atoms with Crippen LogP contribution in [0.25, 0.3) is 0 Å². The fourth-order valence-corrected chi connectivity index (χ4v) is 2.98. The van der Waals surface area contributed by atoms with E-state index in [2.05, 4.69) is 26.5 Å². The minimum absolute atomic E-state index is 0.476. The summed E-state index contributed by atoms with van der Waals surface area (Å²) in [5, 5.41) is 5.01. The summed E-state index contributed by atoms with van der Waals surface area (Å²) in [5.41, 5.74) is 6.16. The van der Waals surface area contributed by atoms with Gasteiger partial charge in [0.05, 0.1) is 19.4 Å². The van der Waals surface area contributed by atoms with E-state index < -0.39 is 0 Å². The van der Waals surface area contributed by atoms with Gasteiger partial charge in [-0.1, -0.05) is 51.8 Å². The molecule has 3 aromatic rings. The third kappa shape index (κ3) is 6.80. The summed E-state index contributed by atoms with van der Waals surface area (Å²) in [5.74, 6) is 1.41. The van der Waals surface area contributed by atoms with E-state index in [4.69, 9.17) is 21.1 Å². The Bertz CT molecular complexity index is 944. The Hall–Kier alpha value is -2.50. The molecule has 3 aromatic carbocycles. The van der Waals surface area contributed by atoms with E-state index in [1.165, 1.54) is 0 Å². The SMILES string of the molecule is CCOc1cc(/C=N\NCc2ccc(Cl)cc2)ccc1OCc1ccc(Br)cc1. The second-order valence-corrected chi connectivity index (χ2v) is 7.63. The van der Waals surface area contributed by atoms with Crippen molar-refractivity contribution >= 4 is 33.7 Å². The quantitative estimate of drug-likeness (QED) is 0.297. The fraction of sp³-hybridized carbons (Fsp3) is 0.174. The lowest BCUT2D eigenvalue weighted by Gasteiger charge is -2.12. The molecule has 0 amide bonds. The number of halogens is 2. The topological polar surface area (TPSA) is 42.8 Å². The highest BCUT2D eigenvalue weighted by atomic mass is 79.9. The van der Waals surface area contributed by atoms with Gasteiger partial charge in [-0.25, -0.2) is 0 Å². The summed E-state index contributed by atoms with van der Waals surface area (Å²) in [6.07, 6.45) is 1.76. The molecule has 0 aliphatic carbocycles. The second kappa shape index (κ2) is 10.9. The summed E-state index contributed by atoms with van der Waals surface area (Å²) < 4.78 is 12.7. The number of rotatable bonds is 9. The summed E-state index contributed by atoms with van der Waals surface area (Å²) in [6, 6.07) is 21.5. The average Bonchev–Trinajstić information content (AvgIpc) is 2.73. The Labute approximate surface area is 184 Å². The molecule has 1 N–H and O–H groups in total. The zero-order valence-corrected chi connectivity index (χ0v) is 18.4. The standard InChI is InChI=1S/C23H22BrClN2O2/c1-2-28-23-13-19(15-27-26-14-17-5-10-21(25)11-6-17)7-12-22(23)29-16-18-3-8-20(24)9-4-18/h3-13,15,26H,2,14,16H2,1H3/b27-15-. The molecular formula is C23H22BrClN2O2. The predicted octanol–water partition coefficient (Wildman–Crippen LogP) is 6.20. The molecule has 6 heteroatoms. The molecule has 0 bridgehead atoms. The Morgan fingerprint density at radius 1 is 0.931 bits per heavy atom. The average molecular weight is 474 g/mol. The molecule has 0 aromatic heterocycles. The van der Waals surface area contributed by atoms with E-state index >= 15 is 0 Å². The normalized spacial score (nSPS) is 10.9. The van der Waals surface area contributed by atoms with Gasteiger partial charge < -0.3 is 14.9 Å². The molecule has 0 spiro atoms. The highest BCUT2D eigenvalue weighted by molar-refractivity contribution is 9.10. The second-order valence-electron chi connectivity index (χ2n) is 6.27. The van der Waals surface area contributed by atoms with Crippen LogP contribution in [0.15, 0.2) is 76.3 Å². The van der Waals surface area contributed by atoms with Gasteiger partial charge in [0.1, 0.15) is 6.61 Å². The van der Waals surface area contributed by atoms with Gasteiger partial charge in [-0.3, -0.25) is 0 Å². The maximum Gasteiger partial charge on any atom is 0.161 e. The molecule has 0 saturated heterocycles. The van der Waals surface area contributed by atoms with Gasteiger partial charge in [0.25, 0.3) is 0 Å². The van der Waals surface area contributed by atoms with Crippen LogP contribution in [0.5, 0.6) is 11.5 Å². The minimum Gasteiger partial charge on any atom is -0.490 e. The third-order valence-corrected chi connectivity index (χ3v) is 4.86. The molecule has 0 fully saturated rings. The lowest BCUT2D eigenvalue weighted by atomic mass is 10.2. The van der Waals surface area contributed by atoms with Crippen LogP contribution in [0, 0.1) is 0 Å². The first kappa shape index (κ1) is 21.2. The third-order valence-electron chi connectivity index (χ3n) is 4.08. The summed E-state index contributed by atoms with van der Waals surface area (Å²) in [4.78, 5) is 0. The Morgan fingerprint density at radius 3 is 2.38 bits per heavy atom. The van der Waals surface area contributed by atoms with Crippen molar-refractivity contribution in [2.75, 3.05) is 6.61 Å². The lowest BCUT2D eigenvalue weighted by molar-refractivity contribution is 0.269. The van der Waals surface area contributed by atoms with Crippen LogP contribution in [0.4, 0.5) is 0 Å². The zero-order valence-electron chi connectivity index (χ0n) is 16.1. The molecule has 0 radical (unpaired) electrons. The molecule has 0 atom stereocenters. The van der Waals surface area contributed by atoms with Gasteiger partial charge in [0, 0.05) is 9.50 Å². The summed E-state index contributed by atoms with van der Waals surface area (Å²) >= 11 is 9.34. The van der Waals surface area contributed by atoms with Gasteiger partial charge in [-0.15, -0.1) is 0 Å². The van der Waals surface area contributed by atoms with Gasteiger partial charge >= 0.3 is 0 Å². The molecule has 0 saturated carbocycles. The molecule has 0 aliphatic heterocycles. The van der Waals surface area contributed by atoms with Gasteiger partial charge in [-0.05, 0) is 66.1 Å². The van der Waals surface area contributed by atoms with Gasteiger partial charge in [0.2, 0.25) is 0 Å². The van der Waals surface area contributed by atoms with Gasteiger partial charge in [-0.2, -0.15) is 5.10 Å². The Balaban J connectivity index is 1.60. The van der Waals surface area contributed by atoms with E-state index in [0.29, 0.717) is 31.3 Å². The van der Waals surface area contributed by atoms with E-state index in [1.807, 2.05) is 73.7 Å². The maximum absolute atomic E-state index is 5.95.